The van der Waals surface area contributed by atoms with Crippen LogP contribution in [0.25, 0.3) is 0 Å². The van der Waals surface area contributed by atoms with E-state index >= 15 is 0 Å². The summed E-state index contributed by atoms with van der Waals surface area (Å²) in [6, 6.07) is 4.02. The number of hydrogen-bond donors (Lipinski definition) is 1. The normalized spacial score (nSPS) is 13.4. The first-order valence-corrected chi connectivity index (χ1v) is 4.77. The average Bonchev–Trinajstić information content (AvgIpc) is 2.03. The molecule has 0 aliphatic rings. The van der Waals surface area contributed by atoms with Crippen LogP contribution in [-0.2, 0) is 0 Å². The van der Waals surface area contributed by atoms with Crippen molar-refractivity contribution in [2.75, 3.05) is 0 Å². The lowest BCUT2D eigenvalue weighted by Crippen LogP contribution is -2.16. The van der Waals surface area contributed by atoms with Crippen molar-refractivity contribution in [1.82, 2.24) is 4.98 Å². The Morgan fingerprint density at radius 3 is 2.67 bits per heavy atom. The highest BCUT2D eigenvalue weighted by Gasteiger charge is 2.09. The Bertz CT molecular complexity index is 260. The van der Waals surface area contributed by atoms with Gasteiger partial charge in [0.05, 0.1) is 0 Å². The Hall–Kier alpha value is -0.410. The van der Waals surface area contributed by atoms with Gasteiger partial charge in [0.1, 0.15) is 4.60 Å². The molecule has 0 aliphatic carbocycles. The van der Waals surface area contributed by atoms with E-state index in [1.54, 1.807) is 6.20 Å². The van der Waals surface area contributed by atoms with Gasteiger partial charge in [0, 0.05) is 12.2 Å². The Morgan fingerprint density at radius 1 is 1.50 bits per heavy atom. The quantitative estimate of drug-likeness (QED) is 0.791. The molecule has 1 atom stereocenters. The number of hydrogen-bond acceptors (Lipinski definition) is 2. The van der Waals surface area contributed by atoms with Crippen molar-refractivity contribution in [3.8, 4) is 0 Å². The number of nitrogens with two attached hydrogens (primary N) is 1. The Balaban J connectivity index is 2.88. The highest BCUT2D eigenvalue weighted by Crippen LogP contribution is 2.20. The third-order valence-corrected chi connectivity index (χ3v) is 2.29. The number of halogens is 1. The van der Waals surface area contributed by atoms with E-state index in [9.17, 15) is 0 Å². The molecule has 1 heterocycles. The summed E-state index contributed by atoms with van der Waals surface area (Å²) in [7, 11) is 0. The molecular weight excluding hydrogens is 216 g/mol. The van der Waals surface area contributed by atoms with Crippen molar-refractivity contribution >= 4 is 15.9 Å². The van der Waals surface area contributed by atoms with Crippen molar-refractivity contribution in [3.63, 3.8) is 0 Å². The topological polar surface area (TPSA) is 38.9 Å². The fourth-order valence-corrected chi connectivity index (χ4v) is 1.39. The molecule has 0 fully saturated rings. The summed E-state index contributed by atoms with van der Waals surface area (Å²) >= 11 is 3.31. The molecule has 1 rings (SSSR count). The summed E-state index contributed by atoms with van der Waals surface area (Å²) in [4.78, 5) is 4.04. The van der Waals surface area contributed by atoms with E-state index in [1.807, 2.05) is 12.1 Å². The highest BCUT2D eigenvalue weighted by molar-refractivity contribution is 9.10. The van der Waals surface area contributed by atoms with Gasteiger partial charge in [-0.2, -0.15) is 0 Å². The molecule has 0 spiro atoms. The maximum absolute atomic E-state index is 5.96. The Labute approximate surface area is 81.3 Å². The van der Waals surface area contributed by atoms with E-state index in [4.69, 9.17) is 5.73 Å². The maximum atomic E-state index is 5.96. The third kappa shape index (κ3) is 2.29. The lowest BCUT2D eigenvalue weighted by Gasteiger charge is -2.15. The van der Waals surface area contributed by atoms with Gasteiger partial charge in [-0.1, -0.05) is 13.8 Å². The smallest absolute Gasteiger partial charge is 0.106 e. The largest absolute Gasteiger partial charge is 0.324 e. The number of aromatic nitrogens is 1. The van der Waals surface area contributed by atoms with Crippen LogP contribution in [0.2, 0.25) is 0 Å². The van der Waals surface area contributed by atoms with E-state index in [-0.39, 0.29) is 6.04 Å². The zero-order chi connectivity index (χ0) is 9.14. The molecule has 0 saturated carbocycles. The van der Waals surface area contributed by atoms with Crippen LogP contribution >= 0.6 is 15.9 Å². The van der Waals surface area contributed by atoms with Crippen molar-refractivity contribution in [3.05, 3.63) is 28.5 Å². The van der Waals surface area contributed by atoms with E-state index in [0.29, 0.717) is 5.92 Å². The molecule has 2 nitrogen and oxygen atoms in total. The standard InChI is InChI=1S/C9H13BrN2/c1-6(2)9(11)7-3-4-12-8(10)5-7/h3-6,9H,11H2,1-2H3/t9-/m1/s1. The van der Waals surface area contributed by atoms with E-state index < -0.39 is 0 Å². The minimum absolute atomic E-state index is 0.101. The molecule has 0 amide bonds. The Kier molecular flexibility index (Phi) is 3.23. The molecule has 0 bridgehead atoms. The summed E-state index contributed by atoms with van der Waals surface area (Å²) in [6.07, 6.45) is 1.77. The highest BCUT2D eigenvalue weighted by atomic mass is 79.9. The van der Waals surface area contributed by atoms with Crippen LogP contribution in [0.3, 0.4) is 0 Å². The van der Waals surface area contributed by atoms with Crippen LogP contribution in [0.4, 0.5) is 0 Å². The van der Waals surface area contributed by atoms with Crippen LogP contribution in [0.15, 0.2) is 22.9 Å². The molecule has 0 radical (unpaired) electrons. The van der Waals surface area contributed by atoms with Gasteiger partial charge in [-0.05, 0) is 39.5 Å². The first kappa shape index (κ1) is 9.68. The van der Waals surface area contributed by atoms with E-state index in [0.717, 1.165) is 10.2 Å². The van der Waals surface area contributed by atoms with Crippen LogP contribution in [0.1, 0.15) is 25.5 Å². The lowest BCUT2D eigenvalue weighted by molar-refractivity contribution is 0.513. The van der Waals surface area contributed by atoms with Gasteiger partial charge in [-0.15, -0.1) is 0 Å². The van der Waals surface area contributed by atoms with Gasteiger partial charge in [0.15, 0.2) is 0 Å². The summed E-state index contributed by atoms with van der Waals surface area (Å²) in [5.41, 5.74) is 7.09. The SMILES string of the molecule is CC(C)[C@@H](N)c1ccnc(Br)c1. The van der Waals surface area contributed by atoms with Gasteiger partial charge in [-0.3, -0.25) is 0 Å². The minimum Gasteiger partial charge on any atom is -0.324 e. The van der Waals surface area contributed by atoms with E-state index in [2.05, 4.69) is 34.8 Å². The third-order valence-electron chi connectivity index (χ3n) is 1.85. The van der Waals surface area contributed by atoms with Crippen LogP contribution in [-0.4, -0.2) is 4.98 Å². The lowest BCUT2D eigenvalue weighted by atomic mass is 9.98. The van der Waals surface area contributed by atoms with E-state index in [1.165, 1.54) is 0 Å². The van der Waals surface area contributed by atoms with Gasteiger partial charge >= 0.3 is 0 Å². The molecular formula is C9H13BrN2. The molecule has 2 N–H and O–H groups in total. The average molecular weight is 229 g/mol. The van der Waals surface area contributed by atoms with Crippen LogP contribution in [0, 0.1) is 5.92 Å². The van der Waals surface area contributed by atoms with Gasteiger partial charge < -0.3 is 5.73 Å². The zero-order valence-corrected chi connectivity index (χ0v) is 8.88. The fourth-order valence-electron chi connectivity index (χ4n) is 1.01. The maximum Gasteiger partial charge on any atom is 0.106 e. The first-order valence-electron chi connectivity index (χ1n) is 3.98. The summed E-state index contributed by atoms with van der Waals surface area (Å²) in [5, 5.41) is 0. The monoisotopic (exact) mass is 228 g/mol. The molecule has 12 heavy (non-hydrogen) atoms. The summed E-state index contributed by atoms with van der Waals surface area (Å²) in [6.45, 7) is 4.22. The van der Waals surface area contributed by atoms with Crippen molar-refractivity contribution in [1.29, 1.82) is 0 Å². The molecule has 1 aromatic heterocycles. The summed E-state index contributed by atoms with van der Waals surface area (Å²) < 4.78 is 0.844. The molecule has 0 unspecified atom stereocenters. The number of nitrogens with zero attached hydrogens (tertiary/aromatic N) is 1. The molecule has 0 aromatic carbocycles. The van der Waals surface area contributed by atoms with Crippen LogP contribution < -0.4 is 5.73 Å². The van der Waals surface area contributed by atoms with Crippen molar-refractivity contribution < 1.29 is 0 Å². The van der Waals surface area contributed by atoms with Gasteiger partial charge in [-0.25, -0.2) is 4.98 Å². The first-order chi connectivity index (χ1) is 5.61. The summed E-state index contributed by atoms with van der Waals surface area (Å²) in [5.74, 6) is 0.458. The van der Waals surface area contributed by atoms with Crippen LogP contribution in [0.5, 0.6) is 0 Å². The minimum atomic E-state index is 0.101. The number of pyridine rings is 1. The number of rotatable bonds is 2. The Morgan fingerprint density at radius 2 is 2.17 bits per heavy atom. The fraction of sp³-hybridized carbons (Fsp3) is 0.444. The van der Waals surface area contributed by atoms with Gasteiger partial charge in [0.2, 0.25) is 0 Å². The molecule has 0 saturated heterocycles. The molecule has 1 aromatic rings. The zero-order valence-electron chi connectivity index (χ0n) is 7.29. The predicted molar refractivity (Wildman–Crippen MR) is 53.7 cm³/mol. The molecule has 0 aliphatic heterocycles. The predicted octanol–water partition coefficient (Wildman–Crippen LogP) is 2.50. The molecule has 66 valence electrons. The second-order valence-corrected chi connectivity index (χ2v) is 3.99. The second kappa shape index (κ2) is 4.01. The van der Waals surface area contributed by atoms with Gasteiger partial charge in [0.25, 0.3) is 0 Å². The second-order valence-electron chi connectivity index (χ2n) is 3.18. The van der Waals surface area contributed by atoms with Crippen molar-refractivity contribution in [2.24, 2.45) is 11.7 Å². The van der Waals surface area contributed by atoms with Crippen molar-refractivity contribution in [2.45, 2.75) is 19.9 Å². The molecule has 3 heteroatoms.